The molecule has 0 spiro atoms. The summed E-state index contributed by atoms with van der Waals surface area (Å²) in [6.45, 7) is 1.71. The molecular formula is C18H11NO4. The maximum absolute atomic E-state index is 12.7. The number of hydrogen-bond donors (Lipinski definition) is 2. The quantitative estimate of drug-likeness (QED) is 0.488. The van der Waals surface area contributed by atoms with Crippen molar-refractivity contribution in [3.05, 3.63) is 64.5 Å². The molecule has 4 rings (SSSR count). The molecule has 23 heavy (non-hydrogen) atoms. The van der Waals surface area contributed by atoms with E-state index in [9.17, 15) is 19.8 Å². The van der Waals surface area contributed by atoms with E-state index in [0.29, 0.717) is 16.5 Å². The van der Waals surface area contributed by atoms with Crippen molar-refractivity contribution in [3.8, 4) is 11.5 Å². The van der Waals surface area contributed by atoms with Crippen LogP contribution in [0.4, 0.5) is 0 Å². The van der Waals surface area contributed by atoms with Crippen LogP contribution in [0, 0.1) is 6.92 Å². The Morgan fingerprint density at radius 3 is 2.00 bits per heavy atom. The van der Waals surface area contributed by atoms with Gasteiger partial charge in [0, 0.05) is 16.5 Å². The molecule has 0 atom stereocenters. The summed E-state index contributed by atoms with van der Waals surface area (Å²) in [5.74, 6) is -1.67. The second-order valence-corrected chi connectivity index (χ2v) is 5.50. The number of rotatable bonds is 0. The first-order chi connectivity index (χ1) is 11.0. The van der Waals surface area contributed by atoms with Crippen molar-refractivity contribution in [2.24, 2.45) is 0 Å². The van der Waals surface area contributed by atoms with Crippen LogP contribution in [0.25, 0.3) is 10.8 Å². The minimum atomic E-state index is -0.558. The van der Waals surface area contributed by atoms with Crippen LogP contribution in [0.15, 0.2) is 36.4 Å². The van der Waals surface area contributed by atoms with Gasteiger partial charge in [-0.25, -0.2) is 4.98 Å². The lowest BCUT2D eigenvalue weighted by atomic mass is 9.83. The number of phenols is 2. The molecule has 0 saturated heterocycles. The first kappa shape index (κ1) is 13.5. The number of fused-ring (bicyclic) bond motifs is 3. The van der Waals surface area contributed by atoms with Gasteiger partial charge in [-0.1, -0.05) is 24.3 Å². The summed E-state index contributed by atoms with van der Waals surface area (Å²) in [4.78, 5) is 29.6. The van der Waals surface area contributed by atoms with Crippen molar-refractivity contribution in [3.63, 3.8) is 0 Å². The predicted molar refractivity (Wildman–Crippen MR) is 83.1 cm³/mol. The van der Waals surface area contributed by atoms with Crippen LogP contribution in [0.2, 0.25) is 0 Å². The Labute approximate surface area is 130 Å². The molecule has 1 aromatic heterocycles. The molecule has 3 aromatic rings. The standard InChI is InChI=1S/C18H11NO4/c1-8-6-7-11-14(19-8)18(23)13-12(17(11)22)15(20)9-4-2-3-5-10(9)16(13)21/h2-7,20-21H,1H3. The van der Waals surface area contributed by atoms with E-state index < -0.39 is 11.6 Å². The normalized spacial score (nSPS) is 13.1. The predicted octanol–water partition coefficient (Wildman–Crippen LogP) is 2.73. The Hall–Kier alpha value is -3.21. The van der Waals surface area contributed by atoms with Gasteiger partial charge in [-0.2, -0.15) is 0 Å². The first-order valence-corrected chi connectivity index (χ1v) is 7.04. The Kier molecular flexibility index (Phi) is 2.57. The summed E-state index contributed by atoms with van der Waals surface area (Å²) in [6.07, 6.45) is 0. The molecule has 0 radical (unpaired) electrons. The highest BCUT2D eigenvalue weighted by Crippen LogP contribution is 2.43. The van der Waals surface area contributed by atoms with Gasteiger partial charge in [0.05, 0.1) is 16.7 Å². The minimum absolute atomic E-state index is 0.00693. The molecule has 2 aromatic carbocycles. The van der Waals surface area contributed by atoms with E-state index in [2.05, 4.69) is 4.98 Å². The number of benzene rings is 2. The van der Waals surface area contributed by atoms with Crippen LogP contribution in [-0.4, -0.2) is 26.8 Å². The van der Waals surface area contributed by atoms with Crippen molar-refractivity contribution in [1.29, 1.82) is 0 Å². The van der Waals surface area contributed by atoms with E-state index >= 15 is 0 Å². The number of aromatic hydroxyl groups is 2. The average Bonchev–Trinajstić information content (AvgIpc) is 2.56. The molecule has 5 heteroatoms. The Morgan fingerprint density at radius 1 is 0.826 bits per heavy atom. The molecule has 1 aliphatic carbocycles. The largest absolute Gasteiger partial charge is 0.506 e. The van der Waals surface area contributed by atoms with Crippen LogP contribution in [0.5, 0.6) is 11.5 Å². The zero-order valence-corrected chi connectivity index (χ0v) is 12.1. The van der Waals surface area contributed by atoms with Gasteiger partial charge < -0.3 is 10.2 Å². The highest BCUT2D eigenvalue weighted by atomic mass is 16.3. The second kappa shape index (κ2) is 4.39. The lowest BCUT2D eigenvalue weighted by molar-refractivity contribution is 0.0971. The molecule has 2 N–H and O–H groups in total. The van der Waals surface area contributed by atoms with E-state index in [0.717, 1.165) is 0 Å². The van der Waals surface area contributed by atoms with Crippen molar-refractivity contribution in [2.75, 3.05) is 0 Å². The number of carbonyl (C=O) groups excluding carboxylic acids is 2. The van der Waals surface area contributed by atoms with Gasteiger partial charge >= 0.3 is 0 Å². The fourth-order valence-corrected chi connectivity index (χ4v) is 3.01. The molecule has 5 nitrogen and oxygen atoms in total. The number of nitrogens with zero attached hydrogens (tertiary/aromatic N) is 1. The number of aromatic nitrogens is 1. The monoisotopic (exact) mass is 305 g/mol. The summed E-state index contributed by atoms with van der Waals surface area (Å²) in [5.41, 5.74) is 0.393. The number of carbonyl (C=O) groups is 2. The van der Waals surface area contributed by atoms with E-state index in [4.69, 9.17) is 0 Å². The maximum Gasteiger partial charge on any atom is 0.216 e. The average molecular weight is 305 g/mol. The highest BCUT2D eigenvalue weighted by molar-refractivity contribution is 6.31. The van der Waals surface area contributed by atoms with Gasteiger partial charge in [0.25, 0.3) is 0 Å². The molecule has 0 amide bonds. The third kappa shape index (κ3) is 1.64. The fraction of sp³-hybridized carbons (Fsp3) is 0.0556. The van der Waals surface area contributed by atoms with Crippen LogP contribution >= 0.6 is 0 Å². The summed E-state index contributed by atoms with van der Waals surface area (Å²) < 4.78 is 0. The number of aryl methyl sites for hydroxylation is 1. The van der Waals surface area contributed by atoms with Gasteiger partial charge in [-0.15, -0.1) is 0 Å². The number of pyridine rings is 1. The van der Waals surface area contributed by atoms with Crippen molar-refractivity contribution >= 4 is 22.3 Å². The van der Waals surface area contributed by atoms with Gasteiger partial charge in [-0.05, 0) is 19.1 Å². The first-order valence-electron chi connectivity index (χ1n) is 7.04. The van der Waals surface area contributed by atoms with Gasteiger partial charge in [0.15, 0.2) is 5.78 Å². The Balaban J connectivity index is 2.17. The van der Waals surface area contributed by atoms with Crippen LogP contribution in [0.1, 0.15) is 37.7 Å². The van der Waals surface area contributed by atoms with Crippen molar-refractivity contribution < 1.29 is 19.8 Å². The lowest BCUT2D eigenvalue weighted by Gasteiger charge is -2.20. The molecule has 0 unspecified atom stereocenters. The number of hydrogen-bond acceptors (Lipinski definition) is 5. The second-order valence-electron chi connectivity index (χ2n) is 5.50. The SMILES string of the molecule is Cc1ccc2c(n1)C(=O)c1c(c(O)c3ccccc3c1O)C2=O. The van der Waals surface area contributed by atoms with Crippen LogP contribution in [-0.2, 0) is 0 Å². The highest BCUT2D eigenvalue weighted by Gasteiger charge is 2.37. The lowest BCUT2D eigenvalue weighted by Crippen LogP contribution is -2.23. The maximum atomic E-state index is 12.7. The zero-order chi connectivity index (χ0) is 16.3. The van der Waals surface area contributed by atoms with E-state index in [1.807, 2.05) is 0 Å². The molecule has 112 valence electrons. The van der Waals surface area contributed by atoms with Gasteiger partial charge in [-0.3, -0.25) is 9.59 Å². The molecule has 0 aliphatic heterocycles. The molecule has 0 fully saturated rings. The Morgan fingerprint density at radius 2 is 1.39 bits per heavy atom. The van der Waals surface area contributed by atoms with Crippen molar-refractivity contribution in [1.82, 2.24) is 4.98 Å². The van der Waals surface area contributed by atoms with Crippen LogP contribution in [0.3, 0.4) is 0 Å². The topological polar surface area (TPSA) is 87.5 Å². The summed E-state index contributed by atoms with van der Waals surface area (Å²) in [6, 6.07) is 9.69. The van der Waals surface area contributed by atoms with Gasteiger partial charge in [0.1, 0.15) is 17.2 Å². The summed E-state index contributed by atoms with van der Waals surface area (Å²) >= 11 is 0. The molecular weight excluding hydrogens is 294 g/mol. The minimum Gasteiger partial charge on any atom is -0.506 e. The third-order valence-electron chi connectivity index (χ3n) is 4.11. The van der Waals surface area contributed by atoms with E-state index in [1.165, 1.54) is 6.07 Å². The van der Waals surface area contributed by atoms with E-state index in [1.54, 1.807) is 37.3 Å². The molecule has 1 heterocycles. The van der Waals surface area contributed by atoms with Crippen molar-refractivity contribution in [2.45, 2.75) is 6.92 Å². The fourth-order valence-electron chi connectivity index (χ4n) is 3.01. The molecule has 0 saturated carbocycles. The molecule has 0 bridgehead atoms. The third-order valence-corrected chi connectivity index (χ3v) is 4.11. The summed E-state index contributed by atoms with van der Waals surface area (Å²) in [5, 5.41) is 21.6. The summed E-state index contributed by atoms with van der Waals surface area (Å²) in [7, 11) is 0. The van der Waals surface area contributed by atoms with Gasteiger partial charge in [0.2, 0.25) is 5.78 Å². The van der Waals surface area contributed by atoms with Crippen LogP contribution < -0.4 is 0 Å². The smallest absolute Gasteiger partial charge is 0.216 e. The Bertz CT molecular complexity index is 1040. The zero-order valence-electron chi connectivity index (χ0n) is 12.1. The van der Waals surface area contributed by atoms with E-state index in [-0.39, 0.29) is 33.9 Å². The number of phenolic OH excluding ortho intramolecular Hbond substituents is 2. The number of ketones is 2. The molecule has 1 aliphatic rings.